The lowest BCUT2D eigenvalue weighted by Crippen LogP contribution is -2.41. The number of hydrogen-bond acceptors (Lipinski definition) is 5. The monoisotopic (exact) mass is 372 g/mol. The van der Waals surface area contributed by atoms with Crippen molar-refractivity contribution in [3.63, 3.8) is 0 Å². The Labute approximate surface area is 162 Å². The molecule has 1 heterocycles. The first-order valence-corrected chi connectivity index (χ1v) is 9.16. The summed E-state index contributed by atoms with van der Waals surface area (Å²) in [6, 6.07) is 9.13. The van der Waals surface area contributed by atoms with Crippen LogP contribution >= 0.6 is 0 Å². The molecule has 1 fully saturated rings. The Kier molecular flexibility index (Phi) is 5.93. The SMILES string of the molecule is CC(C)(C)OC(=O)N[C@H](C#N)Cc1ccc(B2OC(C)(C)C(C)(C)O2)cc1. The lowest BCUT2D eigenvalue weighted by molar-refractivity contribution is 0.00578. The lowest BCUT2D eigenvalue weighted by atomic mass is 9.78. The van der Waals surface area contributed by atoms with Crippen molar-refractivity contribution < 1.29 is 18.8 Å². The van der Waals surface area contributed by atoms with Gasteiger partial charge in [0.25, 0.3) is 0 Å². The minimum absolute atomic E-state index is 0.388. The maximum atomic E-state index is 11.9. The Morgan fingerprint density at radius 3 is 2.15 bits per heavy atom. The minimum atomic E-state index is -0.664. The molecule has 1 saturated heterocycles. The van der Waals surface area contributed by atoms with Crippen LogP contribution in [0.2, 0.25) is 0 Å². The molecule has 6 nitrogen and oxygen atoms in total. The fourth-order valence-electron chi connectivity index (χ4n) is 2.60. The van der Waals surface area contributed by atoms with Gasteiger partial charge in [0.1, 0.15) is 11.6 Å². The van der Waals surface area contributed by atoms with E-state index in [0.717, 1.165) is 11.0 Å². The number of carbonyl (C=O) groups excluding carboxylic acids is 1. The summed E-state index contributed by atoms with van der Waals surface area (Å²) in [4.78, 5) is 11.9. The molecule has 1 aromatic rings. The summed E-state index contributed by atoms with van der Waals surface area (Å²) in [5.74, 6) is 0. The van der Waals surface area contributed by atoms with E-state index < -0.39 is 24.9 Å². The van der Waals surface area contributed by atoms with Crippen LogP contribution < -0.4 is 10.8 Å². The van der Waals surface area contributed by atoms with Crippen molar-refractivity contribution in [2.24, 2.45) is 0 Å². The van der Waals surface area contributed by atoms with Gasteiger partial charge in [-0.25, -0.2) is 4.79 Å². The molecule has 0 aromatic heterocycles. The minimum Gasteiger partial charge on any atom is -0.444 e. The smallest absolute Gasteiger partial charge is 0.444 e. The van der Waals surface area contributed by atoms with Crippen molar-refractivity contribution in [1.29, 1.82) is 5.26 Å². The number of amides is 1. The predicted octanol–water partition coefficient (Wildman–Crippen LogP) is 2.95. The number of hydrogen-bond donors (Lipinski definition) is 1. The second-order valence-electron chi connectivity index (χ2n) is 8.86. The Bertz CT molecular complexity index is 701. The predicted molar refractivity (Wildman–Crippen MR) is 105 cm³/mol. The molecule has 27 heavy (non-hydrogen) atoms. The molecule has 1 N–H and O–H groups in total. The molecule has 1 aliphatic rings. The zero-order chi connectivity index (χ0) is 20.5. The first-order valence-electron chi connectivity index (χ1n) is 9.16. The summed E-state index contributed by atoms with van der Waals surface area (Å²) < 4.78 is 17.3. The molecule has 0 unspecified atom stereocenters. The number of benzene rings is 1. The van der Waals surface area contributed by atoms with E-state index in [-0.39, 0.29) is 11.2 Å². The van der Waals surface area contributed by atoms with Gasteiger partial charge in [0.15, 0.2) is 0 Å². The third-order valence-electron chi connectivity index (χ3n) is 4.79. The van der Waals surface area contributed by atoms with Crippen LogP contribution in [-0.4, -0.2) is 36.1 Å². The number of carbonyl (C=O) groups is 1. The number of ether oxygens (including phenoxy) is 1. The van der Waals surface area contributed by atoms with E-state index in [0.29, 0.717) is 6.42 Å². The number of nitrogens with zero attached hydrogens (tertiary/aromatic N) is 1. The summed E-state index contributed by atoms with van der Waals surface area (Å²) in [7, 11) is -0.421. The highest BCUT2D eigenvalue weighted by molar-refractivity contribution is 6.62. The van der Waals surface area contributed by atoms with Crippen LogP contribution in [0.1, 0.15) is 54.0 Å². The van der Waals surface area contributed by atoms with Crippen molar-refractivity contribution in [3.05, 3.63) is 29.8 Å². The summed E-state index contributed by atoms with van der Waals surface area (Å²) in [5, 5.41) is 11.9. The zero-order valence-corrected chi connectivity index (χ0v) is 17.3. The van der Waals surface area contributed by atoms with Gasteiger partial charge in [-0.15, -0.1) is 0 Å². The van der Waals surface area contributed by atoms with Crippen LogP contribution in [0.5, 0.6) is 0 Å². The van der Waals surface area contributed by atoms with Crippen LogP contribution in [0.3, 0.4) is 0 Å². The molecule has 1 aliphatic heterocycles. The van der Waals surface area contributed by atoms with Crippen LogP contribution in [0.15, 0.2) is 24.3 Å². The summed E-state index contributed by atoms with van der Waals surface area (Å²) in [5.41, 5.74) is 0.470. The molecule has 0 saturated carbocycles. The Morgan fingerprint density at radius 2 is 1.70 bits per heavy atom. The van der Waals surface area contributed by atoms with Crippen molar-refractivity contribution in [2.75, 3.05) is 0 Å². The van der Waals surface area contributed by atoms with Gasteiger partial charge in [0, 0.05) is 6.42 Å². The Hall–Kier alpha value is -2.04. The van der Waals surface area contributed by atoms with E-state index in [4.69, 9.17) is 14.0 Å². The van der Waals surface area contributed by atoms with Gasteiger partial charge in [-0.1, -0.05) is 24.3 Å². The molecule has 1 aromatic carbocycles. The molecule has 0 spiro atoms. The topological polar surface area (TPSA) is 80.6 Å². The van der Waals surface area contributed by atoms with Gasteiger partial charge in [-0.05, 0) is 59.5 Å². The third kappa shape index (κ3) is 5.47. The quantitative estimate of drug-likeness (QED) is 0.822. The molecule has 0 radical (unpaired) electrons. The lowest BCUT2D eigenvalue weighted by Gasteiger charge is -2.32. The van der Waals surface area contributed by atoms with E-state index in [2.05, 4.69) is 11.4 Å². The number of nitriles is 1. The van der Waals surface area contributed by atoms with E-state index in [1.54, 1.807) is 20.8 Å². The molecular weight excluding hydrogens is 343 g/mol. The van der Waals surface area contributed by atoms with Gasteiger partial charge in [-0.2, -0.15) is 5.26 Å². The van der Waals surface area contributed by atoms with Gasteiger partial charge >= 0.3 is 13.2 Å². The largest absolute Gasteiger partial charge is 0.494 e. The van der Waals surface area contributed by atoms with Crippen LogP contribution in [0.4, 0.5) is 4.79 Å². The summed E-state index contributed by atoms with van der Waals surface area (Å²) >= 11 is 0. The average molecular weight is 372 g/mol. The highest BCUT2D eigenvalue weighted by atomic mass is 16.7. The number of alkyl carbamates (subject to hydrolysis) is 1. The van der Waals surface area contributed by atoms with Crippen LogP contribution in [0, 0.1) is 11.3 Å². The molecule has 146 valence electrons. The number of rotatable bonds is 4. The highest BCUT2D eigenvalue weighted by Crippen LogP contribution is 2.36. The normalized spacial score (nSPS) is 19.3. The highest BCUT2D eigenvalue weighted by Gasteiger charge is 2.51. The van der Waals surface area contributed by atoms with Crippen molar-refractivity contribution in [2.45, 2.75) is 77.7 Å². The van der Waals surface area contributed by atoms with Crippen molar-refractivity contribution in [1.82, 2.24) is 5.32 Å². The van der Waals surface area contributed by atoms with E-state index >= 15 is 0 Å². The number of nitrogens with one attached hydrogen (secondary N) is 1. The van der Waals surface area contributed by atoms with Gasteiger partial charge < -0.3 is 19.4 Å². The molecular formula is C20H29BN2O4. The molecule has 2 rings (SSSR count). The molecule has 7 heteroatoms. The van der Waals surface area contributed by atoms with E-state index in [1.807, 2.05) is 52.0 Å². The van der Waals surface area contributed by atoms with Gasteiger partial charge in [-0.3, -0.25) is 0 Å². The zero-order valence-electron chi connectivity index (χ0n) is 17.3. The van der Waals surface area contributed by atoms with Crippen LogP contribution in [0.25, 0.3) is 0 Å². The van der Waals surface area contributed by atoms with Gasteiger partial charge in [0.2, 0.25) is 0 Å². The van der Waals surface area contributed by atoms with Crippen LogP contribution in [-0.2, 0) is 20.5 Å². The first-order chi connectivity index (χ1) is 12.3. The standard InChI is InChI=1S/C20H29BN2O4/c1-18(2,3)25-17(24)23-16(13-22)12-14-8-10-15(11-9-14)21-26-19(4,5)20(6,7)27-21/h8-11,16H,12H2,1-7H3,(H,23,24)/t16-/m0/s1. The van der Waals surface area contributed by atoms with E-state index in [1.165, 1.54) is 0 Å². The summed E-state index contributed by atoms with van der Waals surface area (Å²) in [6.45, 7) is 13.4. The summed E-state index contributed by atoms with van der Waals surface area (Å²) in [6.07, 6.45) is -0.206. The Balaban J connectivity index is 1.99. The maximum Gasteiger partial charge on any atom is 0.494 e. The Morgan fingerprint density at radius 1 is 1.19 bits per heavy atom. The maximum absolute atomic E-state index is 11.9. The molecule has 1 atom stereocenters. The molecule has 0 aliphatic carbocycles. The fourth-order valence-corrected chi connectivity index (χ4v) is 2.60. The first kappa shape index (κ1) is 21.3. The second-order valence-corrected chi connectivity index (χ2v) is 8.86. The van der Waals surface area contributed by atoms with E-state index in [9.17, 15) is 10.1 Å². The van der Waals surface area contributed by atoms with Gasteiger partial charge in [0.05, 0.1) is 17.3 Å². The molecule has 0 bridgehead atoms. The van der Waals surface area contributed by atoms with Crippen molar-refractivity contribution >= 4 is 18.7 Å². The van der Waals surface area contributed by atoms with Crippen molar-refractivity contribution in [3.8, 4) is 6.07 Å². The average Bonchev–Trinajstić information content (AvgIpc) is 2.73. The fraction of sp³-hybridized carbons (Fsp3) is 0.600. The third-order valence-corrected chi connectivity index (χ3v) is 4.79. The molecule has 1 amide bonds. The second kappa shape index (κ2) is 7.53.